The van der Waals surface area contributed by atoms with E-state index in [1.54, 1.807) is 0 Å². The zero-order valence-corrected chi connectivity index (χ0v) is 13.2. The molecule has 1 amide bonds. The van der Waals surface area contributed by atoms with Crippen molar-refractivity contribution in [3.63, 3.8) is 0 Å². The van der Waals surface area contributed by atoms with Crippen molar-refractivity contribution in [1.29, 1.82) is 0 Å². The fourth-order valence-electron chi connectivity index (χ4n) is 3.65. The Bertz CT molecular complexity index is 308. The predicted molar refractivity (Wildman–Crippen MR) is 82.7 cm³/mol. The van der Waals surface area contributed by atoms with Crippen LogP contribution < -0.4 is 10.6 Å². The van der Waals surface area contributed by atoms with Crippen LogP contribution in [0.4, 0.5) is 0 Å². The number of hydrogen-bond donors (Lipinski definition) is 2. The van der Waals surface area contributed by atoms with E-state index in [0.717, 1.165) is 32.5 Å². The molecule has 116 valence electrons. The van der Waals surface area contributed by atoms with E-state index >= 15 is 0 Å². The molecule has 2 fully saturated rings. The second-order valence-corrected chi connectivity index (χ2v) is 6.35. The molecule has 3 unspecified atom stereocenters. The summed E-state index contributed by atoms with van der Waals surface area (Å²) in [6.45, 7) is 7.51. The lowest BCUT2D eigenvalue weighted by Crippen LogP contribution is -2.58. The molecule has 0 spiro atoms. The van der Waals surface area contributed by atoms with Crippen molar-refractivity contribution in [2.24, 2.45) is 0 Å². The summed E-state index contributed by atoms with van der Waals surface area (Å²) in [5, 5.41) is 6.72. The topological polar surface area (TPSA) is 44.4 Å². The minimum absolute atomic E-state index is 0.105. The van der Waals surface area contributed by atoms with Gasteiger partial charge in [-0.25, -0.2) is 0 Å². The molecule has 2 saturated heterocycles. The van der Waals surface area contributed by atoms with Crippen molar-refractivity contribution in [2.45, 2.75) is 76.9 Å². The van der Waals surface area contributed by atoms with Crippen molar-refractivity contribution >= 4 is 5.91 Å². The molecule has 2 aliphatic heterocycles. The average Bonchev–Trinajstić information content (AvgIpc) is 2.69. The van der Waals surface area contributed by atoms with Crippen molar-refractivity contribution in [1.82, 2.24) is 15.5 Å². The fourth-order valence-corrected chi connectivity index (χ4v) is 3.65. The van der Waals surface area contributed by atoms with Crippen LogP contribution >= 0.6 is 0 Å². The van der Waals surface area contributed by atoms with Gasteiger partial charge in [0, 0.05) is 18.6 Å². The molecule has 20 heavy (non-hydrogen) atoms. The van der Waals surface area contributed by atoms with Gasteiger partial charge in [0.1, 0.15) is 0 Å². The number of hydrogen-bond acceptors (Lipinski definition) is 3. The van der Waals surface area contributed by atoms with Gasteiger partial charge < -0.3 is 10.6 Å². The summed E-state index contributed by atoms with van der Waals surface area (Å²) in [6.07, 6.45) is 8.26. The van der Waals surface area contributed by atoms with Gasteiger partial charge in [-0.05, 0) is 58.5 Å². The van der Waals surface area contributed by atoms with Crippen molar-refractivity contribution < 1.29 is 4.79 Å². The van der Waals surface area contributed by atoms with Crippen molar-refractivity contribution in [2.75, 3.05) is 19.6 Å². The summed E-state index contributed by atoms with van der Waals surface area (Å²) in [5.74, 6) is 0.261. The molecule has 2 aliphatic rings. The van der Waals surface area contributed by atoms with E-state index in [2.05, 4.69) is 29.4 Å². The van der Waals surface area contributed by atoms with Gasteiger partial charge in [0.2, 0.25) is 5.91 Å². The Morgan fingerprint density at radius 3 is 2.90 bits per heavy atom. The standard InChI is InChI=1S/C16H31N3O/c1-3-10-17-13(2)14-8-5-7-12-19(14)15-9-4-6-11-18-16(15)20/h13-15,17H,3-12H2,1-2H3,(H,18,20). The number of nitrogens with zero attached hydrogens (tertiary/aromatic N) is 1. The molecule has 0 aromatic carbocycles. The summed E-state index contributed by atoms with van der Waals surface area (Å²) in [4.78, 5) is 14.8. The molecule has 4 heteroatoms. The third-order valence-corrected chi connectivity index (χ3v) is 4.79. The van der Waals surface area contributed by atoms with E-state index in [1.807, 2.05) is 0 Å². The molecular weight excluding hydrogens is 250 g/mol. The molecule has 0 saturated carbocycles. The van der Waals surface area contributed by atoms with E-state index in [0.29, 0.717) is 12.1 Å². The van der Waals surface area contributed by atoms with E-state index < -0.39 is 0 Å². The molecule has 0 bridgehead atoms. The maximum atomic E-state index is 12.3. The van der Waals surface area contributed by atoms with E-state index in [4.69, 9.17) is 0 Å². The number of carbonyl (C=O) groups is 1. The molecule has 0 radical (unpaired) electrons. The Kier molecular flexibility index (Phi) is 6.30. The van der Waals surface area contributed by atoms with Crippen molar-refractivity contribution in [3.05, 3.63) is 0 Å². The Labute approximate surface area is 123 Å². The lowest BCUT2D eigenvalue weighted by molar-refractivity contribution is -0.128. The van der Waals surface area contributed by atoms with Crippen molar-refractivity contribution in [3.8, 4) is 0 Å². The first-order valence-electron chi connectivity index (χ1n) is 8.51. The minimum Gasteiger partial charge on any atom is -0.355 e. The Morgan fingerprint density at radius 2 is 2.10 bits per heavy atom. The maximum Gasteiger partial charge on any atom is 0.237 e. The highest BCUT2D eigenvalue weighted by Gasteiger charge is 2.35. The maximum absolute atomic E-state index is 12.3. The first kappa shape index (κ1) is 15.8. The van der Waals surface area contributed by atoms with Gasteiger partial charge in [-0.15, -0.1) is 0 Å². The highest BCUT2D eigenvalue weighted by Crippen LogP contribution is 2.25. The molecular formula is C16H31N3O. The van der Waals surface area contributed by atoms with Crippen LogP contribution in [-0.4, -0.2) is 48.6 Å². The second kappa shape index (κ2) is 7.99. The molecule has 0 aromatic heterocycles. The van der Waals surface area contributed by atoms with Gasteiger partial charge in [0.15, 0.2) is 0 Å². The first-order valence-corrected chi connectivity index (χ1v) is 8.51. The summed E-state index contributed by atoms with van der Waals surface area (Å²) >= 11 is 0. The Hall–Kier alpha value is -0.610. The average molecular weight is 281 g/mol. The van der Waals surface area contributed by atoms with Gasteiger partial charge in [-0.2, -0.15) is 0 Å². The van der Waals surface area contributed by atoms with Gasteiger partial charge in [-0.1, -0.05) is 13.3 Å². The number of piperidine rings is 1. The SMILES string of the molecule is CCCNC(C)C1CCCCN1C1CCCCNC1=O. The van der Waals surface area contributed by atoms with Crippen LogP contribution in [0.3, 0.4) is 0 Å². The molecule has 2 N–H and O–H groups in total. The number of nitrogens with one attached hydrogen (secondary N) is 2. The van der Waals surface area contributed by atoms with Crippen LogP contribution in [-0.2, 0) is 4.79 Å². The number of carbonyl (C=O) groups excluding carboxylic acids is 1. The first-order chi connectivity index (χ1) is 9.74. The van der Waals surface area contributed by atoms with Crippen LogP contribution in [0.15, 0.2) is 0 Å². The van der Waals surface area contributed by atoms with E-state index in [1.165, 1.54) is 32.1 Å². The summed E-state index contributed by atoms with van der Waals surface area (Å²) in [6, 6.07) is 1.10. The lowest BCUT2D eigenvalue weighted by atomic mass is 9.93. The molecule has 2 heterocycles. The molecule has 2 rings (SSSR count). The van der Waals surface area contributed by atoms with Crippen LogP contribution in [0.2, 0.25) is 0 Å². The zero-order valence-electron chi connectivity index (χ0n) is 13.2. The predicted octanol–water partition coefficient (Wildman–Crippen LogP) is 1.90. The Morgan fingerprint density at radius 1 is 1.30 bits per heavy atom. The third kappa shape index (κ3) is 3.95. The monoisotopic (exact) mass is 281 g/mol. The summed E-state index contributed by atoms with van der Waals surface area (Å²) in [7, 11) is 0. The smallest absolute Gasteiger partial charge is 0.237 e. The molecule has 0 aromatic rings. The molecule has 0 aliphatic carbocycles. The number of likely N-dealkylation sites (tertiary alicyclic amines) is 1. The second-order valence-electron chi connectivity index (χ2n) is 6.35. The van der Waals surface area contributed by atoms with Crippen LogP contribution in [0, 0.1) is 0 Å². The normalized spacial score (nSPS) is 30.6. The highest BCUT2D eigenvalue weighted by atomic mass is 16.2. The van der Waals surface area contributed by atoms with E-state index in [-0.39, 0.29) is 11.9 Å². The number of amides is 1. The minimum atomic E-state index is 0.105. The summed E-state index contributed by atoms with van der Waals surface area (Å²) < 4.78 is 0. The zero-order chi connectivity index (χ0) is 14.4. The van der Waals surface area contributed by atoms with Gasteiger partial charge in [0.05, 0.1) is 6.04 Å². The fraction of sp³-hybridized carbons (Fsp3) is 0.938. The van der Waals surface area contributed by atoms with Gasteiger partial charge in [-0.3, -0.25) is 9.69 Å². The van der Waals surface area contributed by atoms with Gasteiger partial charge in [0.25, 0.3) is 0 Å². The largest absolute Gasteiger partial charge is 0.355 e. The van der Waals surface area contributed by atoms with Crippen LogP contribution in [0.5, 0.6) is 0 Å². The van der Waals surface area contributed by atoms with Crippen LogP contribution in [0.25, 0.3) is 0 Å². The van der Waals surface area contributed by atoms with Crippen LogP contribution in [0.1, 0.15) is 58.8 Å². The highest BCUT2D eigenvalue weighted by molar-refractivity contribution is 5.82. The summed E-state index contributed by atoms with van der Waals surface area (Å²) in [5.41, 5.74) is 0. The third-order valence-electron chi connectivity index (χ3n) is 4.79. The van der Waals surface area contributed by atoms with Gasteiger partial charge >= 0.3 is 0 Å². The molecule has 4 nitrogen and oxygen atoms in total. The Balaban J connectivity index is 2.02. The lowest BCUT2D eigenvalue weighted by Gasteiger charge is -2.43. The number of rotatable bonds is 5. The quantitative estimate of drug-likeness (QED) is 0.809. The van der Waals surface area contributed by atoms with E-state index in [9.17, 15) is 4.79 Å². The molecule has 3 atom stereocenters.